The lowest BCUT2D eigenvalue weighted by Gasteiger charge is -2.16. The van der Waals surface area contributed by atoms with E-state index in [4.69, 9.17) is 44.3 Å². The average Bonchev–Trinajstić information content (AvgIpc) is 2.65. The van der Waals surface area contributed by atoms with Crippen LogP contribution in [0.1, 0.15) is 50.7 Å². The van der Waals surface area contributed by atoms with Gasteiger partial charge in [-0.1, -0.05) is 67.1 Å². The van der Waals surface area contributed by atoms with Gasteiger partial charge in [0.1, 0.15) is 6.61 Å². The molecule has 2 aromatic rings. The molecule has 0 atom stereocenters. The fourth-order valence-electron chi connectivity index (χ4n) is 2.82. The maximum absolute atomic E-state index is 6.50. The van der Waals surface area contributed by atoms with Gasteiger partial charge in [0.05, 0.1) is 11.6 Å². The summed E-state index contributed by atoms with van der Waals surface area (Å²) in [4.78, 5) is 0. The predicted octanol–water partition coefficient (Wildman–Crippen LogP) is 7.29. The van der Waals surface area contributed by atoms with Gasteiger partial charge in [0.2, 0.25) is 0 Å². The monoisotopic (exact) mass is 443 g/mol. The van der Waals surface area contributed by atoms with Crippen LogP contribution in [0.5, 0.6) is 11.5 Å². The van der Waals surface area contributed by atoms with Crippen LogP contribution in [-0.2, 0) is 13.2 Å². The summed E-state index contributed by atoms with van der Waals surface area (Å²) in [6, 6.07) is 9.22. The van der Waals surface area contributed by atoms with Crippen molar-refractivity contribution in [3.63, 3.8) is 0 Å². The lowest BCUT2D eigenvalue weighted by atomic mass is 10.1. The molecule has 0 bridgehead atoms. The van der Waals surface area contributed by atoms with Crippen LogP contribution in [-0.4, -0.2) is 13.2 Å². The van der Waals surface area contributed by atoms with Crippen LogP contribution in [0.25, 0.3) is 0 Å². The molecule has 0 unspecified atom stereocenters. The van der Waals surface area contributed by atoms with Crippen molar-refractivity contribution >= 4 is 34.8 Å². The van der Waals surface area contributed by atoms with E-state index in [1.165, 1.54) is 25.7 Å². The van der Waals surface area contributed by atoms with Gasteiger partial charge in [0, 0.05) is 22.2 Å². The molecule has 0 aromatic heterocycles. The van der Waals surface area contributed by atoms with Crippen LogP contribution in [0, 0.1) is 0 Å². The van der Waals surface area contributed by atoms with E-state index in [-0.39, 0.29) is 6.61 Å². The van der Waals surface area contributed by atoms with Gasteiger partial charge in [-0.05, 0) is 49.7 Å². The Kier molecular flexibility index (Phi) is 10.3. The van der Waals surface area contributed by atoms with Crippen LogP contribution in [0.2, 0.25) is 15.1 Å². The quantitative estimate of drug-likeness (QED) is 0.348. The zero-order valence-corrected chi connectivity index (χ0v) is 18.8. The number of hydrogen-bond donors (Lipinski definition) is 1. The summed E-state index contributed by atoms with van der Waals surface area (Å²) in [5.74, 6) is 1.17. The third kappa shape index (κ3) is 7.36. The molecule has 6 heteroatoms. The van der Waals surface area contributed by atoms with E-state index in [1.807, 2.05) is 25.1 Å². The minimum absolute atomic E-state index is 0.283. The molecule has 0 saturated carbocycles. The van der Waals surface area contributed by atoms with E-state index in [0.29, 0.717) is 33.2 Å². The van der Waals surface area contributed by atoms with Crippen molar-refractivity contribution in [3.8, 4) is 11.5 Å². The largest absolute Gasteiger partial charge is 0.490 e. The Morgan fingerprint density at radius 3 is 2.43 bits per heavy atom. The summed E-state index contributed by atoms with van der Waals surface area (Å²) in [6.07, 6.45) is 4.97. The van der Waals surface area contributed by atoms with E-state index >= 15 is 0 Å². The second-order valence-corrected chi connectivity index (χ2v) is 7.85. The first kappa shape index (κ1) is 23.2. The van der Waals surface area contributed by atoms with Crippen molar-refractivity contribution in [2.75, 3.05) is 13.2 Å². The molecule has 0 radical (unpaired) electrons. The highest BCUT2D eigenvalue weighted by Crippen LogP contribution is 2.37. The van der Waals surface area contributed by atoms with Gasteiger partial charge in [-0.25, -0.2) is 0 Å². The molecule has 0 amide bonds. The molecule has 154 valence electrons. The molecule has 28 heavy (non-hydrogen) atoms. The molecule has 0 spiro atoms. The number of ether oxygens (including phenoxy) is 2. The molecule has 0 aliphatic carbocycles. The molecule has 0 aliphatic heterocycles. The molecular formula is C22H28Cl3NO2. The molecule has 2 rings (SSSR count). The second kappa shape index (κ2) is 12.4. The summed E-state index contributed by atoms with van der Waals surface area (Å²) in [5.41, 5.74) is 1.91. The van der Waals surface area contributed by atoms with Crippen molar-refractivity contribution in [3.05, 3.63) is 56.5 Å². The standard InChI is InChI=1S/C22H28Cl3NO2/c1-3-5-6-7-10-26-14-16-11-20(25)22(21(12-16)27-4-2)28-15-17-8-9-18(23)13-19(17)24/h8-9,11-13,26H,3-7,10,14-15H2,1-2H3. The van der Waals surface area contributed by atoms with Crippen LogP contribution in [0.4, 0.5) is 0 Å². The Morgan fingerprint density at radius 1 is 0.893 bits per heavy atom. The van der Waals surface area contributed by atoms with Crippen molar-refractivity contribution in [2.45, 2.75) is 52.7 Å². The van der Waals surface area contributed by atoms with Crippen LogP contribution in [0.15, 0.2) is 30.3 Å². The molecule has 0 heterocycles. The Bertz CT molecular complexity index is 753. The maximum atomic E-state index is 6.50. The van der Waals surface area contributed by atoms with E-state index in [0.717, 1.165) is 24.2 Å². The average molecular weight is 445 g/mol. The topological polar surface area (TPSA) is 30.5 Å². The first-order valence-corrected chi connectivity index (χ1v) is 10.9. The first-order chi connectivity index (χ1) is 13.5. The fraction of sp³-hybridized carbons (Fsp3) is 0.455. The fourth-order valence-corrected chi connectivity index (χ4v) is 3.58. The molecule has 1 N–H and O–H groups in total. The summed E-state index contributed by atoms with van der Waals surface area (Å²) in [5, 5.41) is 5.14. The van der Waals surface area contributed by atoms with Gasteiger partial charge in [-0.2, -0.15) is 0 Å². The molecule has 0 aliphatic rings. The van der Waals surface area contributed by atoms with Crippen LogP contribution >= 0.6 is 34.8 Å². The summed E-state index contributed by atoms with van der Waals surface area (Å²) >= 11 is 18.7. The van der Waals surface area contributed by atoms with Gasteiger partial charge in [-0.3, -0.25) is 0 Å². The van der Waals surface area contributed by atoms with Gasteiger partial charge >= 0.3 is 0 Å². The number of hydrogen-bond acceptors (Lipinski definition) is 3. The third-order valence-corrected chi connectivity index (χ3v) is 5.16. The van der Waals surface area contributed by atoms with Gasteiger partial charge in [-0.15, -0.1) is 0 Å². The number of nitrogens with one attached hydrogen (secondary N) is 1. The molecule has 2 aromatic carbocycles. The zero-order valence-electron chi connectivity index (χ0n) is 16.5. The van der Waals surface area contributed by atoms with E-state index in [9.17, 15) is 0 Å². The minimum atomic E-state index is 0.283. The summed E-state index contributed by atoms with van der Waals surface area (Å²) in [7, 11) is 0. The van der Waals surface area contributed by atoms with Crippen molar-refractivity contribution in [2.24, 2.45) is 0 Å². The number of rotatable bonds is 12. The Hall–Kier alpha value is -1.13. The number of benzene rings is 2. The lowest BCUT2D eigenvalue weighted by molar-refractivity contribution is 0.269. The smallest absolute Gasteiger partial charge is 0.180 e. The lowest BCUT2D eigenvalue weighted by Crippen LogP contribution is -2.15. The minimum Gasteiger partial charge on any atom is -0.490 e. The molecule has 0 saturated heterocycles. The highest BCUT2D eigenvalue weighted by atomic mass is 35.5. The summed E-state index contributed by atoms with van der Waals surface area (Å²) in [6.45, 7) is 6.71. The second-order valence-electron chi connectivity index (χ2n) is 6.60. The third-order valence-electron chi connectivity index (χ3n) is 4.29. The number of halogens is 3. The number of unbranched alkanes of at least 4 members (excludes halogenated alkanes) is 3. The normalized spacial score (nSPS) is 10.9. The van der Waals surface area contributed by atoms with Crippen molar-refractivity contribution < 1.29 is 9.47 Å². The van der Waals surface area contributed by atoms with Crippen LogP contribution in [0.3, 0.4) is 0 Å². The Morgan fingerprint density at radius 2 is 1.71 bits per heavy atom. The van der Waals surface area contributed by atoms with Crippen LogP contribution < -0.4 is 14.8 Å². The van der Waals surface area contributed by atoms with E-state index in [1.54, 1.807) is 12.1 Å². The van der Waals surface area contributed by atoms with Gasteiger partial charge < -0.3 is 14.8 Å². The van der Waals surface area contributed by atoms with E-state index < -0.39 is 0 Å². The predicted molar refractivity (Wildman–Crippen MR) is 119 cm³/mol. The molecule has 3 nitrogen and oxygen atoms in total. The Labute approximate surface area is 183 Å². The van der Waals surface area contributed by atoms with E-state index in [2.05, 4.69) is 12.2 Å². The first-order valence-electron chi connectivity index (χ1n) is 9.77. The molecular weight excluding hydrogens is 417 g/mol. The highest BCUT2D eigenvalue weighted by Gasteiger charge is 2.14. The maximum Gasteiger partial charge on any atom is 0.180 e. The summed E-state index contributed by atoms with van der Waals surface area (Å²) < 4.78 is 11.7. The van der Waals surface area contributed by atoms with Crippen molar-refractivity contribution in [1.82, 2.24) is 5.32 Å². The SMILES string of the molecule is CCCCCCNCc1cc(Cl)c(OCc2ccc(Cl)cc2Cl)c(OCC)c1. The Balaban J connectivity index is 2.02. The zero-order chi connectivity index (χ0) is 20.4. The van der Waals surface area contributed by atoms with Gasteiger partial charge in [0.25, 0.3) is 0 Å². The van der Waals surface area contributed by atoms with Crippen molar-refractivity contribution in [1.29, 1.82) is 0 Å². The molecule has 0 fully saturated rings. The highest BCUT2D eigenvalue weighted by molar-refractivity contribution is 6.35. The van der Waals surface area contributed by atoms with Gasteiger partial charge in [0.15, 0.2) is 11.5 Å².